The summed E-state index contributed by atoms with van der Waals surface area (Å²) >= 11 is 0. The number of hydrogen-bond donors (Lipinski definition) is 1. The number of aromatic nitrogens is 1. The predicted octanol–water partition coefficient (Wildman–Crippen LogP) is 4.35. The Hall–Kier alpha value is -3.23. The summed E-state index contributed by atoms with van der Waals surface area (Å²) in [5.41, 5.74) is 7.34. The molecule has 1 aromatic heterocycles. The van der Waals surface area contributed by atoms with E-state index in [2.05, 4.69) is 0 Å². The molecule has 0 bridgehead atoms. The van der Waals surface area contributed by atoms with Crippen molar-refractivity contribution in [2.24, 2.45) is 5.73 Å². The van der Waals surface area contributed by atoms with Crippen molar-refractivity contribution in [2.75, 3.05) is 28.4 Å². The second kappa shape index (κ2) is 11.0. The lowest BCUT2D eigenvalue weighted by molar-refractivity contribution is 0.0583. The number of benzene rings is 2. The number of methoxy groups -OCH3 is 4. The zero-order valence-corrected chi connectivity index (χ0v) is 21.1. The first-order valence-corrected chi connectivity index (χ1v) is 11.3. The molecular weight excluding hydrogens is 472 g/mol. The summed E-state index contributed by atoms with van der Waals surface area (Å²) in [7, 11) is 5.92. The van der Waals surface area contributed by atoms with Gasteiger partial charge in [0.1, 0.15) is 5.69 Å². The SMILES string of the molecule is COC(=O)c1c(-c2cc(OC)c(OC)c(OC)c2)c2ccccc2c(=O)n1[C@H]1CC[C@@H](N)CC1.Cl. The number of fused-ring (bicyclic) bond motifs is 1. The van der Waals surface area contributed by atoms with Crippen molar-refractivity contribution >= 4 is 29.1 Å². The molecule has 0 saturated heterocycles. The summed E-state index contributed by atoms with van der Waals surface area (Å²) in [4.78, 5) is 27.0. The third-order valence-corrected chi connectivity index (χ3v) is 6.56. The molecule has 0 aliphatic heterocycles. The van der Waals surface area contributed by atoms with Crippen molar-refractivity contribution in [2.45, 2.75) is 37.8 Å². The molecule has 2 aromatic carbocycles. The smallest absolute Gasteiger partial charge is 0.355 e. The Morgan fingerprint density at radius 3 is 2.00 bits per heavy atom. The lowest BCUT2D eigenvalue weighted by atomic mass is 9.89. The average molecular weight is 503 g/mol. The van der Waals surface area contributed by atoms with Crippen LogP contribution in [0.2, 0.25) is 0 Å². The number of pyridine rings is 1. The van der Waals surface area contributed by atoms with Gasteiger partial charge in [0.25, 0.3) is 5.56 Å². The van der Waals surface area contributed by atoms with E-state index < -0.39 is 5.97 Å². The Bertz CT molecular complexity index is 1260. The molecule has 2 N–H and O–H groups in total. The maximum Gasteiger partial charge on any atom is 0.355 e. The summed E-state index contributed by atoms with van der Waals surface area (Å²) in [5, 5.41) is 1.17. The van der Waals surface area contributed by atoms with Crippen LogP contribution in [0.4, 0.5) is 0 Å². The zero-order chi connectivity index (χ0) is 24.4. The van der Waals surface area contributed by atoms with E-state index >= 15 is 0 Å². The summed E-state index contributed by atoms with van der Waals surface area (Å²) in [6.07, 6.45) is 2.98. The minimum atomic E-state index is -0.582. The van der Waals surface area contributed by atoms with Gasteiger partial charge in [-0.15, -0.1) is 12.4 Å². The molecule has 1 aliphatic carbocycles. The van der Waals surface area contributed by atoms with Crippen LogP contribution >= 0.6 is 12.4 Å². The molecule has 1 fully saturated rings. The Morgan fingerprint density at radius 1 is 0.914 bits per heavy atom. The monoisotopic (exact) mass is 502 g/mol. The first kappa shape index (κ1) is 26.4. The highest BCUT2D eigenvalue weighted by Gasteiger charge is 2.30. The second-order valence-corrected chi connectivity index (χ2v) is 8.42. The molecule has 0 spiro atoms. The van der Waals surface area contributed by atoms with Gasteiger partial charge < -0.3 is 24.7 Å². The van der Waals surface area contributed by atoms with Gasteiger partial charge in [0.2, 0.25) is 5.75 Å². The number of nitrogens with two attached hydrogens (primary N) is 1. The number of hydrogen-bond acceptors (Lipinski definition) is 7. The Balaban J connectivity index is 0.00000342. The van der Waals surface area contributed by atoms with Crippen molar-refractivity contribution in [1.82, 2.24) is 4.57 Å². The molecule has 0 radical (unpaired) electrons. The maximum absolute atomic E-state index is 13.7. The lowest BCUT2D eigenvalue weighted by Crippen LogP contribution is -2.35. The number of rotatable bonds is 6. The lowest BCUT2D eigenvalue weighted by Gasteiger charge is -2.30. The van der Waals surface area contributed by atoms with Crippen LogP contribution in [-0.4, -0.2) is 45.0 Å². The third kappa shape index (κ3) is 4.68. The van der Waals surface area contributed by atoms with Crippen LogP contribution in [0.25, 0.3) is 21.9 Å². The molecular formula is C26H31ClN2O6. The Labute approximate surface area is 210 Å². The quantitative estimate of drug-likeness (QED) is 0.500. The Morgan fingerprint density at radius 2 is 1.49 bits per heavy atom. The van der Waals surface area contributed by atoms with Crippen LogP contribution in [0, 0.1) is 0 Å². The van der Waals surface area contributed by atoms with Crippen molar-refractivity contribution in [3.05, 3.63) is 52.4 Å². The van der Waals surface area contributed by atoms with Gasteiger partial charge >= 0.3 is 5.97 Å². The highest BCUT2D eigenvalue weighted by Crippen LogP contribution is 2.44. The number of carbonyl (C=O) groups is 1. The zero-order valence-electron chi connectivity index (χ0n) is 20.3. The number of nitrogens with zero attached hydrogens (tertiary/aromatic N) is 1. The van der Waals surface area contributed by atoms with Crippen molar-refractivity contribution in [3.8, 4) is 28.4 Å². The molecule has 1 saturated carbocycles. The predicted molar refractivity (Wildman–Crippen MR) is 137 cm³/mol. The minimum Gasteiger partial charge on any atom is -0.493 e. The van der Waals surface area contributed by atoms with E-state index in [0.29, 0.717) is 52.0 Å². The van der Waals surface area contributed by atoms with Gasteiger partial charge in [-0.2, -0.15) is 0 Å². The van der Waals surface area contributed by atoms with Crippen molar-refractivity contribution in [3.63, 3.8) is 0 Å². The minimum absolute atomic E-state index is 0. The van der Waals surface area contributed by atoms with Gasteiger partial charge in [-0.05, 0) is 54.8 Å². The summed E-state index contributed by atoms with van der Waals surface area (Å²) in [5.74, 6) is 0.741. The van der Waals surface area contributed by atoms with E-state index in [4.69, 9.17) is 24.7 Å². The fourth-order valence-corrected chi connectivity index (χ4v) is 4.89. The fourth-order valence-electron chi connectivity index (χ4n) is 4.89. The molecule has 188 valence electrons. The summed E-state index contributed by atoms with van der Waals surface area (Å²) in [6.45, 7) is 0. The molecule has 0 atom stereocenters. The van der Waals surface area contributed by atoms with E-state index in [1.165, 1.54) is 28.4 Å². The molecule has 0 amide bonds. The van der Waals surface area contributed by atoms with Gasteiger partial charge in [-0.25, -0.2) is 4.79 Å². The van der Waals surface area contributed by atoms with E-state index in [-0.39, 0.29) is 35.7 Å². The molecule has 8 nitrogen and oxygen atoms in total. The van der Waals surface area contributed by atoms with E-state index in [9.17, 15) is 9.59 Å². The first-order chi connectivity index (χ1) is 16.4. The van der Waals surface area contributed by atoms with Gasteiger partial charge in [0.05, 0.1) is 28.4 Å². The molecule has 3 aromatic rings. The van der Waals surface area contributed by atoms with Crippen molar-refractivity contribution < 1.29 is 23.7 Å². The number of ether oxygens (including phenoxy) is 4. The van der Waals surface area contributed by atoms with Crippen LogP contribution in [0.15, 0.2) is 41.2 Å². The second-order valence-electron chi connectivity index (χ2n) is 8.42. The molecule has 1 heterocycles. The largest absolute Gasteiger partial charge is 0.493 e. The van der Waals surface area contributed by atoms with Crippen molar-refractivity contribution in [1.29, 1.82) is 0 Å². The van der Waals surface area contributed by atoms with Crippen LogP contribution in [-0.2, 0) is 4.74 Å². The van der Waals surface area contributed by atoms with E-state index in [0.717, 1.165) is 12.8 Å². The number of esters is 1. The topological polar surface area (TPSA) is 102 Å². The van der Waals surface area contributed by atoms with Gasteiger partial charge in [-0.1, -0.05) is 18.2 Å². The summed E-state index contributed by atoms with van der Waals surface area (Å²) < 4.78 is 23.4. The summed E-state index contributed by atoms with van der Waals surface area (Å²) in [6, 6.07) is 10.8. The van der Waals surface area contributed by atoms with E-state index in [1.807, 2.05) is 18.2 Å². The van der Waals surface area contributed by atoms with Crippen LogP contribution in [0.5, 0.6) is 17.2 Å². The third-order valence-electron chi connectivity index (χ3n) is 6.56. The molecule has 9 heteroatoms. The average Bonchev–Trinajstić information content (AvgIpc) is 2.87. The molecule has 1 aliphatic rings. The first-order valence-electron chi connectivity index (χ1n) is 11.3. The molecule has 35 heavy (non-hydrogen) atoms. The van der Waals surface area contributed by atoms with Gasteiger partial charge in [0.15, 0.2) is 11.5 Å². The van der Waals surface area contributed by atoms with Crippen LogP contribution in [0.1, 0.15) is 42.2 Å². The molecule has 4 rings (SSSR count). The highest BCUT2D eigenvalue weighted by molar-refractivity contribution is 6.07. The van der Waals surface area contributed by atoms with E-state index in [1.54, 1.807) is 22.8 Å². The fraction of sp³-hybridized carbons (Fsp3) is 0.385. The van der Waals surface area contributed by atoms with Gasteiger partial charge in [-0.3, -0.25) is 9.36 Å². The number of carbonyl (C=O) groups excluding carboxylic acids is 1. The van der Waals surface area contributed by atoms with Gasteiger partial charge in [0, 0.05) is 23.0 Å². The standard InChI is InChI=1S/C26H30N2O6.ClH/c1-31-20-13-15(14-21(32-2)24(20)33-3)22-18-7-5-6-8-19(18)25(29)28(23(22)26(30)34-4)17-11-9-16(27)10-12-17;/h5-8,13-14,16-17H,9-12,27H2,1-4H3;1H/t16-,17+;. The normalized spacial score (nSPS) is 17.4. The van der Waals surface area contributed by atoms with Crippen LogP contribution in [0.3, 0.4) is 0 Å². The highest BCUT2D eigenvalue weighted by atomic mass is 35.5. The molecule has 0 unspecified atom stereocenters. The maximum atomic E-state index is 13.7. The Kier molecular flexibility index (Phi) is 8.30. The number of halogens is 1. The van der Waals surface area contributed by atoms with Crippen LogP contribution < -0.4 is 25.5 Å².